The van der Waals surface area contributed by atoms with E-state index in [0.29, 0.717) is 17.5 Å². The Labute approximate surface area is 199 Å². The Balaban J connectivity index is 1.56. The van der Waals surface area contributed by atoms with Gasteiger partial charge >= 0.3 is 0 Å². The molecule has 0 saturated carbocycles. The summed E-state index contributed by atoms with van der Waals surface area (Å²) in [5, 5.41) is 0.621. The number of benzene rings is 2. The van der Waals surface area contributed by atoms with Crippen molar-refractivity contribution in [3.63, 3.8) is 0 Å². The van der Waals surface area contributed by atoms with Crippen LogP contribution < -0.4 is 9.47 Å². The molecule has 0 amide bonds. The largest absolute Gasteiger partial charge is 0.497 e. The first-order valence-corrected chi connectivity index (χ1v) is 11.2. The maximum absolute atomic E-state index is 6.67. The lowest BCUT2D eigenvalue weighted by Crippen LogP contribution is -2.17. The smallest absolute Gasteiger partial charge is 0.213 e. The van der Waals surface area contributed by atoms with Crippen LogP contribution in [0, 0.1) is 12.3 Å². The highest BCUT2D eigenvalue weighted by atomic mass is 35.5. The van der Waals surface area contributed by atoms with E-state index in [2.05, 4.69) is 42.6 Å². The van der Waals surface area contributed by atoms with Crippen LogP contribution in [-0.2, 0) is 0 Å². The van der Waals surface area contributed by atoms with E-state index >= 15 is 0 Å². The molecule has 0 bridgehead atoms. The first-order valence-electron chi connectivity index (χ1n) is 10.8. The second-order valence-electron chi connectivity index (χ2n) is 9.26. The summed E-state index contributed by atoms with van der Waals surface area (Å²) in [5.41, 5.74) is 5.96. The molecule has 0 aliphatic carbocycles. The Morgan fingerprint density at radius 2 is 1.64 bits per heavy atom. The predicted octanol–water partition coefficient (Wildman–Crippen LogP) is 7.20. The molecule has 0 unspecified atom stereocenters. The Morgan fingerprint density at radius 3 is 2.27 bits per heavy atom. The average Bonchev–Trinajstić information content (AvgIpc) is 3.27. The predicted molar refractivity (Wildman–Crippen MR) is 134 cm³/mol. The zero-order chi connectivity index (χ0) is 23.6. The minimum absolute atomic E-state index is 0.0801. The Kier molecular flexibility index (Phi) is 6.43. The highest BCUT2D eigenvalue weighted by molar-refractivity contribution is 6.33. The fraction of sp³-hybridized carbons (Fsp3) is 0.259. The van der Waals surface area contributed by atoms with E-state index < -0.39 is 0 Å². The van der Waals surface area contributed by atoms with Gasteiger partial charge in [-0.3, -0.25) is 0 Å². The number of nitrogens with one attached hydrogen (secondary N) is 1. The van der Waals surface area contributed by atoms with Crippen LogP contribution in [0.1, 0.15) is 26.3 Å². The van der Waals surface area contributed by atoms with E-state index in [9.17, 15) is 0 Å². The van der Waals surface area contributed by atoms with Gasteiger partial charge in [-0.1, -0.05) is 38.4 Å². The van der Waals surface area contributed by atoms with Crippen molar-refractivity contribution in [2.24, 2.45) is 5.41 Å². The monoisotopic (exact) mass is 461 g/mol. The number of pyridine rings is 1. The molecule has 5 nitrogen and oxygen atoms in total. The summed E-state index contributed by atoms with van der Waals surface area (Å²) in [6.45, 7) is 9.07. The molecular weight excluding hydrogens is 434 g/mol. The van der Waals surface area contributed by atoms with E-state index in [-0.39, 0.29) is 5.41 Å². The van der Waals surface area contributed by atoms with Gasteiger partial charge in [0.05, 0.1) is 30.6 Å². The molecule has 4 aromatic rings. The number of ether oxygens (including phenoxy) is 2. The lowest BCUT2D eigenvalue weighted by Gasteiger charge is -2.18. The molecule has 0 aliphatic heterocycles. The maximum Gasteiger partial charge on any atom is 0.213 e. The highest BCUT2D eigenvalue weighted by Crippen LogP contribution is 2.34. The normalized spacial score (nSPS) is 11.5. The van der Waals surface area contributed by atoms with Gasteiger partial charge in [-0.25, -0.2) is 9.97 Å². The number of rotatable bonds is 6. The van der Waals surface area contributed by atoms with Crippen molar-refractivity contribution < 1.29 is 9.47 Å². The molecule has 1 N–H and O–H groups in total. The summed E-state index contributed by atoms with van der Waals surface area (Å²) in [7, 11) is 1.65. The summed E-state index contributed by atoms with van der Waals surface area (Å²) < 4.78 is 11.1. The van der Waals surface area contributed by atoms with E-state index in [1.165, 1.54) is 0 Å². The summed E-state index contributed by atoms with van der Waals surface area (Å²) in [4.78, 5) is 12.4. The van der Waals surface area contributed by atoms with Crippen molar-refractivity contribution in [1.29, 1.82) is 0 Å². The SMILES string of the molecule is COc1ccc(-c2cnc(-c3ccc(-c4cnc(OCC(C)(C)C)cc4C)cc3Cl)[nH]2)cc1. The molecular formula is C27H28ClN3O2. The molecule has 2 aromatic heterocycles. The van der Waals surface area contributed by atoms with Crippen molar-refractivity contribution in [2.45, 2.75) is 27.7 Å². The molecule has 0 radical (unpaired) electrons. The number of aromatic amines is 1. The average molecular weight is 462 g/mol. The maximum atomic E-state index is 6.67. The first kappa shape index (κ1) is 22.9. The van der Waals surface area contributed by atoms with Crippen molar-refractivity contribution in [1.82, 2.24) is 15.0 Å². The van der Waals surface area contributed by atoms with E-state index in [0.717, 1.165) is 45.1 Å². The molecule has 2 aromatic carbocycles. The number of aryl methyl sites for hydroxylation is 1. The van der Waals surface area contributed by atoms with Crippen LogP contribution in [0.25, 0.3) is 33.8 Å². The van der Waals surface area contributed by atoms with Crippen LogP contribution in [0.15, 0.2) is 60.9 Å². The quantitative estimate of drug-likeness (QED) is 0.329. The molecule has 0 atom stereocenters. The Morgan fingerprint density at radius 1 is 0.909 bits per heavy atom. The lowest BCUT2D eigenvalue weighted by atomic mass is 9.99. The van der Waals surface area contributed by atoms with Crippen molar-refractivity contribution in [3.05, 3.63) is 71.5 Å². The number of hydrogen-bond acceptors (Lipinski definition) is 4. The van der Waals surface area contributed by atoms with Gasteiger partial charge in [0.25, 0.3) is 0 Å². The van der Waals surface area contributed by atoms with Gasteiger partial charge in [-0.05, 0) is 65.4 Å². The highest BCUT2D eigenvalue weighted by Gasteiger charge is 2.14. The Hall–Kier alpha value is -3.31. The van der Waals surface area contributed by atoms with Crippen LogP contribution in [0.5, 0.6) is 11.6 Å². The minimum Gasteiger partial charge on any atom is -0.497 e. The van der Waals surface area contributed by atoms with Gasteiger partial charge in [-0.15, -0.1) is 0 Å². The molecule has 6 heteroatoms. The third-order valence-corrected chi connectivity index (χ3v) is 5.56. The Bertz CT molecular complexity index is 1260. The second-order valence-corrected chi connectivity index (χ2v) is 9.66. The minimum atomic E-state index is 0.0801. The number of methoxy groups -OCH3 is 1. The lowest BCUT2D eigenvalue weighted by molar-refractivity contribution is 0.191. The number of H-pyrrole nitrogens is 1. The van der Waals surface area contributed by atoms with Crippen molar-refractivity contribution >= 4 is 11.6 Å². The number of hydrogen-bond donors (Lipinski definition) is 1. The van der Waals surface area contributed by atoms with Crippen LogP contribution >= 0.6 is 11.6 Å². The van der Waals surface area contributed by atoms with Crippen LogP contribution in [-0.4, -0.2) is 28.7 Å². The zero-order valence-electron chi connectivity index (χ0n) is 19.6. The van der Waals surface area contributed by atoms with Crippen molar-refractivity contribution in [2.75, 3.05) is 13.7 Å². The van der Waals surface area contributed by atoms with Gasteiger partial charge in [0.2, 0.25) is 5.88 Å². The van der Waals surface area contributed by atoms with E-state index in [1.54, 1.807) is 7.11 Å². The van der Waals surface area contributed by atoms with Gasteiger partial charge in [-0.2, -0.15) is 0 Å². The number of aromatic nitrogens is 3. The molecule has 2 heterocycles. The molecule has 170 valence electrons. The number of nitrogens with zero attached hydrogens (tertiary/aromatic N) is 2. The van der Waals surface area contributed by atoms with Crippen LogP contribution in [0.3, 0.4) is 0 Å². The third-order valence-electron chi connectivity index (χ3n) is 5.25. The molecule has 4 rings (SSSR count). The fourth-order valence-corrected chi connectivity index (χ4v) is 3.72. The molecule has 0 fully saturated rings. The summed E-state index contributed by atoms with van der Waals surface area (Å²) >= 11 is 6.67. The van der Waals surface area contributed by atoms with Crippen molar-refractivity contribution in [3.8, 4) is 45.4 Å². The van der Waals surface area contributed by atoms with Crippen LogP contribution in [0.2, 0.25) is 5.02 Å². The summed E-state index contributed by atoms with van der Waals surface area (Å²) in [5.74, 6) is 2.17. The van der Waals surface area contributed by atoms with E-state index in [1.807, 2.05) is 60.9 Å². The first-order chi connectivity index (χ1) is 15.7. The molecule has 33 heavy (non-hydrogen) atoms. The summed E-state index contributed by atoms with van der Waals surface area (Å²) in [6, 6.07) is 15.8. The van der Waals surface area contributed by atoms with Crippen LogP contribution in [0.4, 0.5) is 0 Å². The molecule has 0 spiro atoms. The molecule has 0 saturated heterocycles. The van der Waals surface area contributed by atoms with E-state index in [4.69, 9.17) is 21.1 Å². The number of imidazole rings is 1. The topological polar surface area (TPSA) is 60.0 Å². The molecule has 0 aliphatic rings. The standard InChI is InChI=1S/C27H28ClN3O2/c1-17-12-25(33-16-27(2,3)4)29-14-22(17)19-8-11-21(23(28)13-19)26-30-15-24(31-26)18-6-9-20(32-5)10-7-18/h6-15H,16H2,1-5H3,(H,30,31). The van der Waals surface area contributed by atoms with Gasteiger partial charge in [0, 0.05) is 23.4 Å². The van der Waals surface area contributed by atoms with Gasteiger partial charge in [0.15, 0.2) is 0 Å². The fourth-order valence-electron chi connectivity index (χ4n) is 3.45. The second kappa shape index (κ2) is 9.28. The van der Waals surface area contributed by atoms with Gasteiger partial charge in [0.1, 0.15) is 11.6 Å². The summed E-state index contributed by atoms with van der Waals surface area (Å²) in [6.07, 6.45) is 3.65. The third kappa shape index (κ3) is 5.37. The number of halogens is 1. The van der Waals surface area contributed by atoms with Gasteiger partial charge < -0.3 is 14.5 Å². The zero-order valence-corrected chi connectivity index (χ0v) is 20.3.